The van der Waals surface area contributed by atoms with Crippen LogP contribution in [0, 0.1) is 5.92 Å². The van der Waals surface area contributed by atoms with Gasteiger partial charge >= 0.3 is 0 Å². The van der Waals surface area contributed by atoms with E-state index in [9.17, 15) is 4.79 Å². The minimum atomic E-state index is 0.0201. The van der Waals surface area contributed by atoms with Crippen LogP contribution in [0.4, 0.5) is 10.8 Å². The molecule has 0 saturated carbocycles. The fourth-order valence-corrected chi connectivity index (χ4v) is 4.71. The number of benzene rings is 2. The van der Waals surface area contributed by atoms with Crippen molar-refractivity contribution in [3.8, 4) is 11.5 Å². The zero-order chi connectivity index (χ0) is 20.9. The molecule has 1 N–H and O–H groups in total. The Morgan fingerprint density at radius 1 is 1.07 bits per heavy atom. The number of hydrogen-bond acceptors (Lipinski definition) is 6. The number of carbonyl (C=O) groups excluding carboxylic acids is 1. The van der Waals surface area contributed by atoms with E-state index in [0.717, 1.165) is 58.5 Å². The summed E-state index contributed by atoms with van der Waals surface area (Å²) >= 11 is 1.68. The van der Waals surface area contributed by atoms with Crippen LogP contribution in [0.5, 0.6) is 11.5 Å². The van der Waals surface area contributed by atoms with Crippen molar-refractivity contribution in [3.05, 3.63) is 42.5 Å². The van der Waals surface area contributed by atoms with Crippen LogP contribution in [0.1, 0.15) is 26.7 Å². The number of nitrogens with zero attached hydrogens (tertiary/aromatic N) is 2. The number of hydrogen-bond donors (Lipinski definition) is 1. The molecule has 1 aromatic heterocycles. The molecule has 30 heavy (non-hydrogen) atoms. The summed E-state index contributed by atoms with van der Waals surface area (Å²) in [6, 6.07) is 13.6. The summed E-state index contributed by atoms with van der Waals surface area (Å²) in [6.45, 7) is 6.89. The Morgan fingerprint density at radius 3 is 2.43 bits per heavy atom. The summed E-state index contributed by atoms with van der Waals surface area (Å²) < 4.78 is 12.2. The van der Waals surface area contributed by atoms with Crippen LogP contribution < -0.4 is 19.7 Å². The lowest BCUT2D eigenvalue weighted by molar-refractivity contribution is -0.120. The first kappa shape index (κ1) is 20.5. The van der Waals surface area contributed by atoms with Crippen LogP contribution in [0.15, 0.2) is 42.5 Å². The molecule has 1 amide bonds. The second-order valence-electron chi connectivity index (χ2n) is 7.27. The van der Waals surface area contributed by atoms with Crippen LogP contribution in [-0.2, 0) is 4.79 Å². The van der Waals surface area contributed by atoms with E-state index in [-0.39, 0.29) is 11.8 Å². The van der Waals surface area contributed by atoms with E-state index in [1.54, 1.807) is 11.3 Å². The van der Waals surface area contributed by atoms with Crippen molar-refractivity contribution in [3.63, 3.8) is 0 Å². The Bertz CT molecular complexity index is 995. The predicted molar refractivity (Wildman–Crippen MR) is 122 cm³/mol. The molecule has 1 saturated heterocycles. The quantitative estimate of drug-likeness (QED) is 0.580. The van der Waals surface area contributed by atoms with Gasteiger partial charge in [-0.1, -0.05) is 11.3 Å². The molecule has 1 aliphatic heterocycles. The maximum Gasteiger partial charge on any atom is 0.227 e. The highest BCUT2D eigenvalue weighted by atomic mass is 32.1. The number of carbonyl (C=O) groups is 1. The van der Waals surface area contributed by atoms with Crippen LogP contribution in [0.25, 0.3) is 10.2 Å². The van der Waals surface area contributed by atoms with Gasteiger partial charge in [-0.3, -0.25) is 4.79 Å². The van der Waals surface area contributed by atoms with Gasteiger partial charge in [-0.25, -0.2) is 4.98 Å². The molecular formula is C23H27N3O3S. The number of aromatic nitrogens is 1. The number of nitrogens with one attached hydrogen (secondary N) is 1. The first-order chi connectivity index (χ1) is 14.7. The van der Waals surface area contributed by atoms with Gasteiger partial charge in [-0.15, -0.1) is 0 Å². The van der Waals surface area contributed by atoms with Gasteiger partial charge in [0.15, 0.2) is 5.13 Å². The van der Waals surface area contributed by atoms with Crippen molar-refractivity contribution in [1.82, 2.24) is 4.98 Å². The Labute approximate surface area is 180 Å². The van der Waals surface area contributed by atoms with Gasteiger partial charge in [0, 0.05) is 24.7 Å². The molecular weight excluding hydrogens is 398 g/mol. The molecule has 0 spiro atoms. The largest absolute Gasteiger partial charge is 0.494 e. The minimum Gasteiger partial charge on any atom is -0.494 e. The second kappa shape index (κ2) is 9.34. The number of fused-ring (bicyclic) bond motifs is 1. The smallest absolute Gasteiger partial charge is 0.227 e. The Hall–Kier alpha value is -2.80. The number of rotatable bonds is 7. The van der Waals surface area contributed by atoms with E-state index in [4.69, 9.17) is 14.5 Å². The van der Waals surface area contributed by atoms with Gasteiger partial charge in [-0.2, -0.15) is 0 Å². The lowest BCUT2D eigenvalue weighted by atomic mass is 9.96. The summed E-state index contributed by atoms with van der Waals surface area (Å²) in [6.07, 6.45) is 1.64. The fraction of sp³-hybridized carbons (Fsp3) is 0.391. The minimum absolute atomic E-state index is 0.0201. The van der Waals surface area contributed by atoms with Crippen molar-refractivity contribution in [2.24, 2.45) is 5.92 Å². The van der Waals surface area contributed by atoms with E-state index in [1.165, 1.54) is 0 Å². The second-order valence-corrected chi connectivity index (χ2v) is 8.28. The summed E-state index contributed by atoms with van der Waals surface area (Å²) in [5.74, 6) is 1.80. The van der Waals surface area contributed by atoms with Gasteiger partial charge < -0.3 is 19.7 Å². The highest BCUT2D eigenvalue weighted by molar-refractivity contribution is 7.22. The zero-order valence-corrected chi connectivity index (χ0v) is 18.2. The molecule has 0 aliphatic carbocycles. The monoisotopic (exact) mass is 425 g/mol. The van der Waals surface area contributed by atoms with Gasteiger partial charge in [-0.05, 0) is 69.2 Å². The van der Waals surface area contributed by atoms with E-state index < -0.39 is 0 Å². The zero-order valence-electron chi connectivity index (χ0n) is 17.4. The average molecular weight is 426 g/mol. The molecule has 2 heterocycles. The molecule has 0 unspecified atom stereocenters. The molecule has 6 nitrogen and oxygen atoms in total. The highest BCUT2D eigenvalue weighted by Gasteiger charge is 2.26. The molecule has 158 valence electrons. The van der Waals surface area contributed by atoms with Crippen LogP contribution in [-0.4, -0.2) is 37.2 Å². The molecule has 1 aliphatic rings. The number of ether oxygens (including phenoxy) is 2. The molecule has 7 heteroatoms. The lowest BCUT2D eigenvalue weighted by Crippen LogP contribution is -2.38. The third-order valence-corrected chi connectivity index (χ3v) is 6.31. The van der Waals surface area contributed by atoms with Gasteiger partial charge in [0.05, 0.1) is 23.4 Å². The number of thiazole rings is 1. The highest BCUT2D eigenvalue weighted by Crippen LogP contribution is 2.33. The number of amides is 1. The first-order valence-electron chi connectivity index (χ1n) is 10.5. The Balaban J connectivity index is 1.34. The van der Waals surface area contributed by atoms with Crippen molar-refractivity contribution >= 4 is 38.3 Å². The van der Waals surface area contributed by atoms with Gasteiger partial charge in [0.25, 0.3) is 0 Å². The summed E-state index contributed by atoms with van der Waals surface area (Å²) in [5, 5.41) is 4.05. The Morgan fingerprint density at radius 2 is 1.73 bits per heavy atom. The van der Waals surface area contributed by atoms with Crippen molar-refractivity contribution in [2.75, 3.05) is 36.5 Å². The maximum absolute atomic E-state index is 12.7. The van der Waals surface area contributed by atoms with Crippen molar-refractivity contribution < 1.29 is 14.3 Å². The predicted octanol–water partition coefficient (Wildman–Crippen LogP) is 4.95. The maximum atomic E-state index is 12.7. The van der Waals surface area contributed by atoms with E-state index in [0.29, 0.717) is 13.2 Å². The van der Waals surface area contributed by atoms with Crippen LogP contribution in [0.3, 0.4) is 0 Å². The molecule has 0 radical (unpaired) electrons. The standard InChI is InChI=1S/C23H27N3O3S/c1-3-28-18-7-5-17(6-8-18)24-22(27)16-11-13-26(14-12-16)23-25-20-10-9-19(29-4-2)15-21(20)30-23/h5-10,15-16H,3-4,11-14H2,1-2H3,(H,24,27). The number of piperidine rings is 1. The fourth-order valence-electron chi connectivity index (χ4n) is 3.66. The Kier molecular flexibility index (Phi) is 6.38. The van der Waals surface area contributed by atoms with Crippen molar-refractivity contribution in [1.29, 1.82) is 0 Å². The first-order valence-corrected chi connectivity index (χ1v) is 11.3. The molecule has 4 rings (SSSR count). The third kappa shape index (κ3) is 4.67. The van der Waals surface area contributed by atoms with Crippen LogP contribution >= 0.6 is 11.3 Å². The van der Waals surface area contributed by atoms with E-state index in [2.05, 4.69) is 16.3 Å². The van der Waals surface area contributed by atoms with Crippen LogP contribution in [0.2, 0.25) is 0 Å². The molecule has 0 atom stereocenters. The van der Waals surface area contributed by atoms with Crippen molar-refractivity contribution in [2.45, 2.75) is 26.7 Å². The SMILES string of the molecule is CCOc1ccc(NC(=O)C2CCN(c3nc4ccc(OCC)cc4s3)CC2)cc1. The van der Waals surface area contributed by atoms with E-state index >= 15 is 0 Å². The summed E-state index contributed by atoms with van der Waals surface area (Å²) in [5.41, 5.74) is 1.80. The average Bonchev–Trinajstić information content (AvgIpc) is 3.19. The number of anilines is 2. The molecule has 1 fully saturated rings. The molecule has 0 bridgehead atoms. The van der Waals surface area contributed by atoms with Gasteiger partial charge in [0.2, 0.25) is 5.91 Å². The normalized spacial score (nSPS) is 14.7. The molecule has 2 aromatic carbocycles. The topological polar surface area (TPSA) is 63.7 Å². The van der Waals surface area contributed by atoms with Gasteiger partial charge in [0.1, 0.15) is 11.5 Å². The lowest BCUT2D eigenvalue weighted by Gasteiger charge is -2.31. The third-order valence-electron chi connectivity index (χ3n) is 5.23. The summed E-state index contributed by atoms with van der Waals surface area (Å²) in [4.78, 5) is 19.7. The molecule has 3 aromatic rings. The summed E-state index contributed by atoms with van der Waals surface area (Å²) in [7, 11) is 0. The van der Waals surface area contributed by atoms with E-state index in [1.807, 2.05) is 50.2 Å².